The second-order valence-electron chi connectivity index (χ2n) is 3.42. The van der Waals surface area contributed by atoms with Gasteiger partial charge in [0.2, 0.25) is 0 Å². The SMILES string of the molecule is Cc1ccc(NCCCC#N)c(C=N)c1. The lowest BCUT2D eigenvalue weighted by molar-refractivity contribution is 0.897. The van der Waals surface area contributed by atoms with E-state index in [0.29, 0.717) is 6.42 Å². The first kappa shape index (κ1) is 11.3. The molecule has 0 aliphatic heterocycles. The number of nitrogens with zero attached hydrogens (tertiary/aromatic N) is 1. The topological polar surface area (TPSA) is 59.7 Å². The third-order valence-electron chi connectivity index (χ3n) is 2.14. The van der Waals surface area contributed by atoms with Crippen molar-refractivity contribution in [1.82, 2.24) is 0 Å². The molecule has 1 aromatic carbocycles. The van der Waals surface area contributed by atoms with Crippen molar-refractivity contribution in [2.24, 2.45) is 0 Å². The predicted molar refractivity (Wildman–Crippen MR) is 62.4 cm³/mol. The Morgan fingerprint density at radius 2 is 2.33 bits per heavy atom. The van der Waals surface area contributed by atoms with Crippen LogP contribution in [-0.4, -0.2) is 12.8 Å². The van der Waals surface area contributed by atoms with Gasteiger partial charge in [-0.1, -0.05) is 11.6 Å². The summed E-state index contributed by atoms with van der Waals surface area (Å²) in [6.45, 7) is 2.78. The molecule has 3 heteroatoms. The zero-order valence-electron chi connectivity index (χ0n) is 8.88. The number of unbranched alkanes of at least 4 members (excludes halogenated alkanes) is 1. The van der Waals surface area contributed by atoms with E-state index in [0.717, 1.165) is 29.8 Å². The van der Waals surface area contributed by atoms with E-state index in [9.17, 15) is 0 Å². The van der Waals surface area contributed by atoms with Crippen LogP contribution in [0.15, 0.2) is 18.2 Å². The Morgan fingerprint density at radius 3 is 3.00 bits per heavy atom. The quantitative estimate of drug-likeness (QED) is 0.568. The Bertz CT molecular complexity index is 377. The van der Waals surface area contributed by atoms with Crippen molar-refractivity contribution in [3.8, 4) is 6.07 Å². The number of hydrogen-bond donors (Lipinski definition) is 2. The lowest BCUT2D eigenvalue weighted by Gasteiger charge is -2.08. The highest BCUT2D eigenvalue weighted by Crippen LogP contribution is 2.15. The van der Waals surface area contributed by atoms with Crippen LogP contribution < -0.4 is 5.32 Å². The molecule has 78 valence electrons. The molecule has 0 aromatic heterocycles. The summed E-state index contributed by atoms with van der Waals surface area (Å²) in [5.41, 5.74) is 3.01. The molecule has 0 unspecified atom stereocenters. The Balaban J connectivity index is 2.60. The number of hydrogen-bond acceptors (Lipinski definition) is 3. The van der Waals surface area contributed by atoms with Crippen LogP contribution in [0.5, 0.6) is 0 Å². The Labute approximate surface area is 90.2 Å². The van der Waals surface area contributed by atoms with Crippen molar-refractivity contribution in [2.45, 2.75) is 19.8 Å². The van der Waals surface area contributed by atoms with E-state index in [-0.39, 0.29) is 0 Å². The molecule has 0 amide bonds. The molecule has 0 radical (unpaired) electrons. The van der Waals surface area contributed by atoms with Crippen LogP contribution in [0, 0.1) is 23.7 Å². The van der Waals surface area contributed by atoms with Gasteiger partial charge >= 0.3 is 0 Å². The van der Waals surface area contributed by atoms with E-state index >= 15 is 0 Å². The third kappa shape index (κ3) is 3.43. The number of anilines is 1. The highest BCUT2D eigenvalue weighted by Gasteiger charge is 1.98. The minimum absolute atomic E-state index is 0.568. The Kier molecular flexibility index (Phi) is 4.36. The number of rotatable bonds is 5. The summed E-state index contributed by atoms with van der Waals surface area (Å²) >= 11 is 0. The molecular weight excluding hydrogens is 186 g/mol. The maximum atomic E-state index is 8.39. The van der Waals surface area contributed by atoms with Crippen molar-refractivity contribution in [3.05, 3.63) is 29.3 Å². The minimum atomic E-state index is 0.568. The molecular formula is C12H15N3. The van der Waals surface area contributed by atoms with Gasteiger partial charge in [0.05, 0.1) is 6.07 Å². The molecule has 0 fully saturated rings. The van der Waals surface area contributed by atoms with Crippen LogP contribution in [0.4, 0.5) is 5.69 Å². The first-order valence-electron chi connectivity index (χ1n) is 5.00. The summed E-state index contributed by atoms with van der Waals surface area (Å²) in [5, 5.41) is 18.9. The lowest BCUT2D eigenvalue weighted by Crippen LogP contribution is -2.03. The summed E-state index contributed by atoms with van der Waals surface area (Å²) < 4.78 is 0. The fraction of sp³-hybridized carbons (Fsp3) is 0.333. The van der Waals surface area contributed by atoms with Gasteiger partial charge in [0.25, 0.3) is 0 Å². The standard InChI is InChI=1S/C12H15N3/c1-10-4-5-12(11(8-10)9-14)15-7-3-2-6-13/h4-5,8-9,14-15H,2-3,7H2,1H3. The zero-order valence-corrected chi connectivity index (χ0v) is 8.88. The molecule has 0 spiro atoms. The number of aryl methyl sites for hydroxylation is 1. The van der Waals surface area contributed by atoms with E-state index in [4.69, 9.17) is 10.7 Å². The van der Waals surface area contributed by atoms with Crippen LogP contribution in [0.1, 0.15) is 24.0 Å². The zero-order chi connectivity index (χ0) is 11.1. The van der Waals surface area contributed by atoms with Crippen molar-refractivity contribution >= 4 is 11.9 Å². The second kappa shape index (κ2) is 5.82. The largest absolute Gasteiger partial charge is 0.384 e. The summed E-state index contributed by atoms with van der Waals surface area (Å²) in [6.07, 6.45) is 2.75. The van der Waals surface area contributed by atoms with Crippen LogP contribution in [-0.2, 0) is 0 Å². The van der Waals surface area contributed by atoms with E-state index in [2.05, 4.69) is 11.4 Å². The Morgan fingerprint density at radius 1 is 1.53 bits per heavy atom. The molecule has 2 N–H and O–H groups in total. The average molecular weight is 201 g/mol. The molecule has 1 rings (SSSR count). The second-order valence-corrected chi connectivity index (χ2v) is 3.42. The fourth-order valence-corrected chi connectivity index (χ4v) is 1.35. The smallest absolute Gasteiger partial charge is 0.0622 e. The van der Waals surface area contributed by atoms with Crippen molar-refractivity contribution < 1.29 is 0 Å². The molecule has 1 aromatic rings. The molecule has 0 saturated carbocycles. The highest BCUT2D eigenvalue weighted by molar-refractivity contribution is 5.86. The number of nitrogens with one attached hydrogen (secondary N) is 2. The van der Waals surface area contributed by atoms with Gasteiger partial charge in [-0.3, -0.25) is 0 Å². The molecule has 0 saturated heterocycles. The van der Waals surface area contributed by atoms with Gasteiger partial charge in [0.1, 0.15) is 0 Å². The van der Waals surface area contributed by atoms with E-state index < -0.39 is 0 Å². The molecule has 0 bridgehead atoms. The van der Waals surface area contributed by atoms with Gasteiger partial charge in [-0.15, -0.1) is 0 Å². The van der Waals surface area contributed by atoms with E-state index in [1.54, 1.807) is 0 Å². The Hall–Kier alpha value is -1.82. The third-order valence-corrected chi connectivity index (χ3v) is 2.14. The molecule has 0 atom stereocenters. The van der Waals surface area contributed by atoms with Crippen LogP contribution in [0.2, 0.25) is 0 Å². The fourth-order valence-electron chi connectivity index (χ4n) is 1.35. The lowest BCUT2D eigenvalue weighted by atomic mass is 10.1. The molecule has 0 aliphatic rings. The summed E-state index contributed by atoms with van der Waals surface area (Å²) in [4.78, 5) is 0. The molecule has 3 nitrogen and oxygen atoms in total. The first-order chi connectivity index (χ1) is 7.27. The maximum Gasteiger partial charge on any atom is 0.0622 e. The number of nitriles is 1. The van der Waals surface area contributed by atoms with Crippen molar-refractivity contribution in [2.75, 3.05) is 11.9 Å². The minimum Gasteiger partial charge on any atom is -0.384 e. The maximum absolute atomic E-state index is 8.39. The van der Waals surface area contributed by atoms with Crippen LogP contribution in [0.25, 0.3) is 0 Å². The van der Waals surface area contributed by atoms with E-state index in [1.807, 2.05) is 25.1 Å². The van der Waals surface area contributed by atoms with Gasteiger partial charge in [0, 0.05) is 30.4 Å². The molecule has 0 heterocycles. The van der Waals surface area contributed by atoms with Gasteiger partial charge in [-0.05, 0) is 25.5 Å². The van der Waals surface area contributed by atoms with E-state index in [1.165, 1.54) is 6.21 Å². The van der Waals surface area contributed by atoms with Gasteiger partial charge < -0.3 is 10.7 Å². The molecule has 0 aliphatic carbocycles. The molecule has 15 heavy (non-hydrogen) atoms. The number of benzene rings is 1. The van der Waals surface area contributed by atoms with Gasteiger partial charge in [-0.25, -0.2) is 0 Å². The monoisotopic (exact) mass is 201 g/mol. The summed E-state index contributed by atoms with van der Waals surface area (Å²) in [5.74, 6) is 0. The average Bonchev–Trinajstić information content (AvgIpc) is 2.26. The van der Waals surface area contributed by atoms with Crippen molar-refractivity contribution in [1.29, 1.82) is 10.7 Å². The first-order valence-corrected chi connectivity index (χ1v) is 5.00. The van der Waals surface area contributed by atoms with Crippen LogP contribution >= 0.6 is 0 Å². The van der Waals surface area contributed by atoms with Crippen molar-refractivity contribution in [3.63, 3.8) is 0 Å². The van der Waals surface area contributed by atoms with Gasteiger partial charge in [0.15, 0.2) is 0 Å². The van der Waals surface area contributed by atoms with Gasteiger partial charge in [-0.2, -0.15) is 5.26 Å². The summed E-state index contributed by atoms with van der Waals surface area (Å²) in [6, 6.07) is 8.07. The highest BCUT2D eigenvalue weighted by atomic mass is 14.9. The summed E-state index contributed by atoms with van der Waals surface area (Å²) in [7, 11) is 0. The van der Waals surface area contributed by atoms with Crippen LogP contribution in [0.3, 0.4) is 0 Å². The normalized spacial score (nSPS) is 9.33. The predicted octanol–water partition coefficient (Wildman–Crippen LogP) is 2.71.